The number of anilines is 1. The quantitative estimate of drug-likeness (QED) is 0.647. The predicted molar refractivity (Wildman–Crippen MR) is 79.2 cm³/mol. The Labute approximate surface area is 134 Å². The van der Waals surface area contributed by atoms with Gasteiger partial charge in [0.2, 0.25) is 0 Å². The van der Waals surface area contributed by atoms with Gasteiger partial charge in [0.1, 0.15) is 28.3 Å². The van der Waals surface area contributed by atoms with E-state index in [1.54, 1.807) is 0 Å². The first-order valence-corrected chi connectivity index (χ1v) is 7.08. The van der Waals surface area contributed by atoms with Crippen molar-refractivity contribution in [3.8, 4) is 0 Å². The Bertz CT molecular complexity index is 733. The van der Waals surface area contributed by atoms with Crippen LogP contribution in [-0.4, -0.2) is 32.1 Å². The molecule has 9 heteroatoms. The van der Waals surface area contributed by atoms with Crippen molar-refractivity contribution in [2.75, 3.05) is 20.0 Å². The summed E-state index contributed by atoms with van der Waals surface area (Å²) in [4.78, 5) is 35.6. The highest BCUT2D eigenvalue weighted by Gasteiger charge is 2.28. The Morgan fingerprint density at radius 2 is 1.87 bits per heavy atom. The van der Waals surface area contributed by atoms with Gasteiger partial charge in [-0.1, -0.05) is 0 Å². The third-order valence-electron chi connectivity index (χ3n) is 2.90. The zero-order chi connectivity index (χ0) is 17.0. The van der Waals surface area contributed by atoms with Gasteiger partial charge in [-0.15, -0.1) is 11.3 Å². The maximum Gasteiger partial charge on any atom is 0.348 e. The predicted octanol–water partition coefficient (Wildman–Crippen LogP) is 1.85. The molecule has 0 atom stereocenters. The van der Waals surface area contributed by atoms with Gasteiger partial charge in [0.15, 0.2) is 0 Å². The molecule has 0 aliphatic rings. The molecule has 0 fully saturated rings. The van der Waals surface area contributed by atoms with Gasteiger partial charge < -0.3 is 24.4 Å². The van der Waals surface area contributed by atoms with Gasteiger partial charge in [-0.05, 0) is 6.07 Å². The highest BCUT2D eigenvalue weighted by molar-refractivity contribution is 7.18. The molecule has 23 heavy (non-hydrogen) atoms. The van der Waals surface area contributed by atoms with Crippen LogP contribution in [0, 0.1) is 0 Å². The molecule has 2 aromatic heterocycles. The number of carbonyl (C=O) groups is 3. The summed E-state index contributed by atoms with van der Waals surface area (Å²) in [6, 6.07) is 1.42. The molecule has 2 aromatic rings. The summed E-state index contributed by atoms with van der Waals surface area (Å²) in [6.45, 7) is -0.341. The number of hydrogen-bond acceptors (Lipinski definition) is 9. The average Bonchev–Trinajstić information content (AvgIpc) is 3.19. The lowest BCUT2D eigenvalue weighted by Gasteiger charge is -2.07. The molecule has 0 spiro atoms. The maximum absolute atomic E-state index is 11.8. The normalized spacial score (nSPS) is 10.2. The van der Waals surface area contributed by atoms with Gasteiger partial charge in [-0.25, -0.2) is 14.4 Å². The smallest absolute Gasteiger partial charge is 0.348 e. The number of hydrogen-bond donors (Lipinski definition) is 1. The first kappa shape index (κ1) is 16.6. The van der Waals surface area contributed by atoms with Crippen LogP contribution in [0.4, 0.5) is 5.00 Å². The minimum absolute atomic E-state index is 0.0158. The summed E-state index contributed by atoms with van der Waals surface area (Å²) in [6.07, 6.45) is 2.53. The van der Waals surface area contributed by atoms with E-state index in [2.05, 4.69) is 9.47 Å². The molecule has 2 heterocycles. The Morgan fingerprint density at radius 1 is 1.17 bits per heavy atom. The standard InChI is InChI=1S/C14H13NO7S/c1-19-13(17)9-8(10(14(18)20-2)23-11(9)15)6-22-12(16)7-3-4-21-5-7/h3-5H,6,15H2,1-2H3. The van der Waals surface area contributed by atoms with Crippen LogP contribution in [0.25, 0.3) is 0 Å². The van der Waals surface area contributed by atoms with Gasteiger partial charge in [-0.2, -0.15) is 0 Å². The summed E-state index contributed by atoms with van der Waals surface area (Å²) in [5.41, 5.74) is 6.09. The van der Waals surface area contributed by atoms with E-state index < -0.39 is 17.9 Å². The van der Waals surface area contributed by atoms with Crippen LogP contribution >= 0.6 is 11.3 Å². The summed E-state index contributed by atoms with van der Waals surface area (Å²) >= 11 is 0.859. The van der Waals surface area contributed by atoms with Crippen LogP contribution in [0.1, 0.15) is 36.0 Å². The molecular formula is C14H13NO7S. The number of nitrogen functional groups attached to an aromatic ring is 1. The molecular weight excluding hydrogens is 326 g/mol. The van der Waals surface area contributed by atoms with Crippen molar-refractivity contribution in [3.05, 3.63) is 40.2 Å². The monoisotopic (exact) mass is 339 g/mol. The Kier molecular flexibility index (Phi) is 5.02. The number of nitrogens with two attached hydrogens (primary N) is 1. The van der Waals surface area contributed by atoms with Crippen LogP contribution in [0.2, 0.25) is 0 Å². The van der Waals surface area contributed by atoms with Gasteiger partial charge in [0, 0.05) is 5.56 Å². The number of ether oxygens (including phenoxy) is 3. The third-order valence-corrected chi connectivity index (χ3v) is 3.94. The number of thiophene rings is 1. The summed E-state index contributed by atoms with van der Waals surface area (Å²) in [5.74, 6) is -2.09. The molecule has 0 saturated carbocycles. The maximum atomic E-state index is 11.8. The number of carbonyl (C=O) groups excluding carboxylic acids is 3. The highest BCUT2D eigenvalue weighted by atomic mass is 32.1. The highest BCUT2D eigenvalue weighted by Crippen LogP contribution is 2.33. The van der Waals surface area contributed by atoms with Gasteiger partial charge in [0.05, 0.1) is 26.0 Å². The Hall–Kier alpha value is -2.81. The fourth-order valence-electron chi connectivity index (χ4n) is 1.81. The van der Waals surface area contributed by atoms with Gasteiger partial charge in [0.25, 0.3) is 0 Å². The molecule has 0 aliphatic heterocycles. The van der Waals surface area contributed by atoms with Crippen molar-refractivity contribution in [1.29, 1.82) is 0 Å². The molecule has 122 valence electrons. The lowest BCUT2D eigenvalue weighted by molar-refractivity contribution is 0.0452. The third kappa shape index (κ3) is 3.34. The first-order valence-electron chi connectivity index (χ1n) is 6.26. The molecule has 0 amide bonds. The van der Waals surface area contributed by atoms with Crippen molar-refractivity contribution in [2.24, 2.45) is 0 Å². The van der Waals surface area contributed by atoms with Crippen molar-refractivity contribution < 1.29 is 33.0 Å². The van der Waals surface area contributed by atoms with E-state index in [1.807, 2.05) is 0 Å². The van der Waals surface area contributed by atoms with E-state index in [1.165, 1.54) is 32.8 Å². The number of furan rings is 1. The van der Waals surface area contributed by atoms with Crippen molar-refractivity contribution in [3.63, 3.8) is 0 Å². The average molecular weight is 339 g/mol. The largest absolute Gasteiger partial charge is 0.472 e. The minimum Gasteiger partial charge on any atom is -0.472 e. The lowest BCUT2D eigenvalue weighted by atomic mass is 10.1. The van der Waals surface area contributed by atoms with E-state index in [0.29, 0.717) is 0 Å². The van der Waals surface area contributed by atoms with Crippen LogP contribution in [0.3, 0.4) is 0 Å². The summed E-state index contributed by atoms with van der Waals surface area (Å²) in [7, 11) is 2.37. The molecule has 2 rings (SSSR count). The van der Waals surface area contributed by atoms with E-state index >= 15 is 0 Å². The number of esters is 3. The lowest BCUT2D eigenvalue weighted by Crippen LogP contribution is -2.12. The summed E-state index contributed by atoms with van der Waals surface area (Å²) in [5, 5.41) is 0.0756. The SMILES string of the molecule is COC(=O)c1sc(N)c(C(=O)OC)c1COC(=O)c1ccoc1. The molecule has 2 N–H and O–H groups in total. The topological polar surface area (TPSA) is 118 Å². The van der Waals surface area contributed by atoms with Crippen LogP contribution in [0.5, 0.6) is 0 Å². The fourth-order valence-corrected chi connectivity index (χ4v) is 2.79. The molecule has 0 bridgehead atoms. The van der Waals surface area contributed by atoms with Crippen molar-refractivity contribution in [2.45, 2.75) is 6.61 Å². The second-order valence-electron chi connectivity index (χ2n) is 4.22. The van der Waals surface area contributed by atoms with Gasteiger partial charge in [-0.3, -0.25) is 0 Å². The van der Waals surface area contributed by atoms with Gasteiger partial charge >= 0.3 is 17.9 Å². The van der Waals surface area contributed by atoms with Crippen LogP contribution in [-0.2, 0) is 20.8 Å². The zero-order valence-electron chi connectivity index (χ0n) is 12.3. The van der Waals surface area contributed by atoms with Crippen LogP contribution in [0.15, 0.2) is 23.0 Å². The second kappa shape index (κ2) is 6.97. The molecule has 0 aromatic carbocycles. The molecule has 0 saturated heterocycles. The minimum atomic E-state index is -0.733. The first-order chi connectivity index (χ1) is 11.0. The number of methoxy groups -OCH3 is 2. The zero-order valence-corrected chi connectivity index (χ0v) is 13.1. The van der Waals surface area contributed by atoms with Crippen molar-refractivity contribution >= 4 is 34.2 Å². The Morgan fingerprint density at radius 3 is 2.43 bits per heavy atom. The van der Waals surface area contributed by atoms with E-state index in [4.69, 9.17) is 14.9 Å². The molecule has 0 unspecified atom stereocenters. The number of rotatable bonds is 5. The summed E-state index contributed by atoms with van der Waals surface area (Å²) < 4.78 is 19.2. The Balaban J connectivity index is 2.32. The van der Waals surface area contributed by atoms with E-state index in [9.17, 15) is 14.4 Å². The van der Waals surface area contributed by atoms with Crippen molar-refractivity contribution in [1.82, 2.24) is 0 Å². The van der Waals surface area contributed by atoms with E-state index in [0.717, 1.165) is 11.3 Å². The van der Waals surface area contributed by atoms with Crippen LogP contribution < -0.4 is 5.73 Å². The second-order valence-corrected chi connectivity index (χ2v) is 5.27. The molecule has 0 aliphatic carbocycles. The molecule has 0 radical (unpaired) electrons. The molecule has 8 nitrogen and oxygen atoms in total. The fraction of sp³-hybridized carbons (Fsp3) is 0.214. The van der Waals surface area contributed by atoms with E-state index in [-0.39, 0.29) is 33.2 Å².